The van der Waals surface area contributed by atoms with Gasteiger partial charge in [0.2, 0.25) is 0 Å². The molecule has 3 saturated carbocycles. The maximum atomic E-state index is 12.8. The highest BCUT2D eigenvalue weighted by molar-refractivity contribution is 7.93. The molecule has 6 atom stereocenters. The van der Waals surface area contributed by atoms with E-state index in [4.69, 9.17) is 0 Å². The normalized spacial score (nSPS) is 35.8. The summed E-state index contributed by atoms with van der Waals surface area (Å²) in [6.45, 7) is 16.1. The second-order valence-electron chi connectivity index (χ2n) is 12.1. The van der Waals surface area contributed by atoms with E-state index in [0.29, 0.717) is 17.8 Å². The van der Waals surface area contributed by atoms with Crippen LogP contribution in [0.3, 0.4) is 0 Å². The van der Waals surface area contributed by atoms with E-state index in [2.05, 4.69) is 38.7 Å². The lowest BCUT2D eigenvalue weighted by molar-refractivity contribution is 0.112. The molecule has 0 spiro atoms. The molecular formula is C29H46O3S. The van der Waals surface area contributed by atoms with Crippen LogP contribution in [0.2, 0.25) is 0 Å². The van der Waals surface area contributed by atoms with E-state index in [0.717, 1.165) is 25.7 Å². The summed E-state index contributed by atoms with van der Waals surface area (Å²) in [5.41, 5.74) is 4.22. The van der Waals surface area contributed by atoms with Gasteiger partial charge < -0.3 is 5.11 Å². The minimum Gasteiger partial charge on any atom is -0.393 e. The molecule has 0 saturated heterocycles. The summed E-state index contributed by atoms with van der Waals surface area (Å²) >= 11 is 0. The summed E-state index contributed by atoms with van der Waals surface area (Å²) in [7, 11) is -3.20. The van der Waals surface area contributed by atoms with E-state index in [9.17, 15) is 13.5 Å². The summed E-state index contributed by atoms with van der Waals surface area (Å²) in [4.78, 5) is 0. The van der Waals surface area contributed by atoms with Crippen molar-refractivity contribution in [2.24, 2.45) is 23.2 Å². The van der Waals surface area contributed by atoms with Crippen LogP contribution in [0.4, 0.5) is 0 Å². The van der Waals surface area contributed by atoms with Crippen molar-refractivity contribution in [3.63, 3.8) is 0 Å². The molecule has 0 aromatic carbocycles. The third kappa shape index (κ3) is 5.42. The first-order chi connectivity index (χ1) is 15.3. The summed E-state index contributed by atoms with van der Waals surface area (Å²) in [6, 6.07) is 0. The third-order valence-electron chi connectivity index (χ3n) is 8.89. The van der Waals surface area contributed by atoms with Gasteiger partial charge in [-0.3, -0.25) is 0 Å². The minimum atomic E-state index is -3.20. The highest BCUT2D eigenvalue weighted by Gasteiger charge is 2.50. The summed E-state index contributed by atoms with van der Waals surface area (Å²) in [5, 5.41) is 9.60. The van der Waals surface area contributed by atoms with E-state index in [1.165, 1.54) is 36.8 Å². The number of fused-ring (bicyclic) bond motifs is 1. The van der Waals surface area contributed by atoms with Crippen LogP contribution in [-0.4, -0.2) is 29.6 Å². The Hall–Kier alpha value is -1.13. The average molecular weight is 475 g/mol. The van der Waals surface area contributed by atoms with Crippen LogP contribution in [0.1, 0.15) is 92.9 Å². The van der Waals surface area contributed by atoms with Gasteiger partial charge >= 0.3 is 0 Å². The highest BCUT2D eigenvalue weighted by atomic mass is 32.2. The first kappa shape index (κ1) is 26.5. The van der Waals surface area contributed by atoms with Crippen molar-refractivity contribution in [2.75, 3.05) is 0 Å². The Bertz CT molecular complexity index is 930. The number of hydrogen-bond acceptors (Lipinski definition) is 3. The quantitative estimate of drug-likeness (QED) is 0.439. The molecule has 2 unspecified atom stereocenters. The first-order valence-corrected chi connectivity index (χ1v) is 14.5. The van der Waals surface area contributed by atoms with Gasteiger partial charge in [0, 0.05) is 0 Å². The van der Waals surface area contributed by atoms with Gasteiger partial charge in [-0.05, 0) is 108 Å². The van der Waals surface area contributed by atoms with Crippen LogP contribution >= 0.6 is 0 Å². The van der Waals surface area contributed by atoms with Crippen LogP contribution in [0.25, 0.3) is 0 Å². The zero-order chi connectivity index (χ0) is 24.6. The molecule has 3 fully saturated rings. The second-order valence-corrected chi connectivity index (χ2v) is 15.2. The van der Waals surface area contributed by atoms with Gasteiger partial charge in [0.25, 0.3) is 0 Å². The summed E-state index contributed by atoms with van der Waals surface area (Å²) in [5.74, 6) is 1.54. The molecule has 3 rings (SSSR count). The molecule has 3 nitrogen and oxygen atoms in total. The summed E-state index contributed by atoms with van der Waals surface area (Å²) in [6.07, 6.45) is 17.0. The molecule has 0 aromatic rings. The van der Waals surface area contributed by atoms with Gasteiger partial charge in [-0.1, -0.05) is 55.9 Å². The SMILES string of the molecule is C=C1CC[C@H](O)C/C1=C/C=C1\CCC[C@]2(C)C(C(C)/C=C/[C@@H](C)S(=O)(=O)C(C)(C)C)CC[C@@H]12. The molecule has 33 heavy (non-hydrogen) atoms. The van der Waals surface area contributed by atoms with Crippen molar-refractivity contribution in [1.82, 2.24) is 0 Å². The Morgan fingerprint density at radius 3 is 2.45 bits per heavy atom. The van der Waals surface area contributed by atoms with Crippen molar-refractivity contribution in [3.05, 3.63) is 47.6 Å². The maximum absolute atomic E-state index is 12.8. The fourth-order valence-corrected chi connectivity index (χ4v) is 8.08. The lowest BCUT2D eigenvalue weighted by Crippen LogP contribution is -2.36. The molecule has 186 valence electrons. The average Bonchev–Trinajstić information content (AvgIpc) is 3.09. The molecule has 0 amide bonds. The molecule has 3 aliphatic rings. The van der Waals surface area contributed by atoms with Gasteiger partial charge in [0.1, 0.15) is 0 Å². The molecule has 3 aliphatic carbocycles. The molecule has 0 bridgehead atoms. The standard InChI is InChI=1S/C29H46O3S/c1-20-11-15-25(30)19-24(20)14-13-23-9-8-18-29(7)26(16-17-27(23)29)21(2)10-12-22(3)33(31,32)28(4,5)6/h10,12-14,21-22,25-27,30H,1,8-9,11,15-19H2,2-7H3/b12-10+,23-13+,24-14-/t21?,22-,25+,26?,27+,29-/m1/s1. The Morgan fingerprint density at radius 2 is 1.79 bits per heavy atom. The zero-order valence-electron chi connectivity index (χ0n) is 21.7. The number of allylic oxidation sites excluding steroid dienone is 5. The van der Waals surface area contributed by atoms with Crippen molar-refractivity contribution >= 4 is 9.84 Å². The van der Waals surface area contributed by atoms with Gasteiger partial charge in [-0.2, -0.15) is 0 Å². The van der Waals surface area contributed by atoms with E-state index in [1.807, 2.05) is 13.0 Å². The number of aliphatic hydroxyl groups excluding tert-OH is 1. The van der Waals surface area contributed by atoms with Crippen LogP contribution in [-0.2, 0) is 9.84 Å². The van der Waals surface area contributed by atoms with Gasteiger partial charge in [-0.15, -0.1) is 0 Å². The fraction of sp³-hybridized carbons (Fsp3) is 0.724. The Kier molecular flexibility index (Phi) is 7.90. The van der Waals surface area contributed by atoms with Crippen molar-refractivity contribution in [1.29, 1.82) is 0 Å². The molecular weight excluding hydrogens is 428 g/mol. The Balaban J connectivity index is 1.76. The molecule has 0 radical (unpaired) electrons. The maximum Gasteiger partial charge on any atom is 0.161 e. The topological polar surface area (TPSA) is 54.4 Å². The Morgan fingerprint density at radius 1 is 1.09 bits per heavy atom. The van der Waals surface area contributed by atoms with E-state index < -0.39 is 19.8 Å². The molecule has 0 aromatic heterocycles. The zero-order valence-corrected chi connectivity index (χ0v) is 22.5. The van der Waals surface area contributed by atoms with Gasteiger partial charge in [0.15, 0.2) is 9.84 Å². The lowest BCUT2D eigenvalue weighted by atomic mass is 9.61. The number of aliphatic hydroxyl groups is 1. The van der Waals surface area contributed by atoms with Crippen molar-refractivity contribution in [3.8, 4) is 0 Å². The predicted octanol–water partition coefficient (Wildman–Crippen LogP) is 6.95. The van der Waals surface area contributed by atoms with Crippen molar-refractivity contribution in [2.45, 2.75) is 109 Å². The summed E-state index contributed by atoms with van der Waals surface area (Å²) < 4.78 is 24.8. The third-order valence-corrected chi connectivity index (χ3v) is 11.7. The fourth-order valence-electron chi connectivity index (χ4n) is 6.67. The monoisotopic (exact) mass is 474 g/mol. The molecule has 4 heteroatoms. The lowest BCUT2D eigenvalue weighted by Gasteiger charge is -2.44. The van der Waals surface area contributed by atoms with Crippen LogP contribution in [0.15, 0.2) is 47.6 Å². The largest absolute Gasteiger partial charge is 0.393 e. The second kappa shape index (κ2) is 9.85. The molecule has 0 heterocycles. The van der Waals surface area contributed by atoms with Crippen molar-refractivity contribution < 1.29 is 13.5 Å². The number of rotatable bonds is 5. The van der Waals surface area contributed by atoms with E-state index >= 15 is 0 Å². The minimum absolute atomic E-state index is 0.232. The molecule has 0 aliphatic heterocycles. The molecule has 1 N–H and O–H groups in total. The highest BCUT2D eigenvalue weighted by Crippen LogP contribution is 2.59. The van der Waals surface area contributed by atoms with Gasteiger partial charge in [0.05, 0.1) is 16.1 Å². The van der Waals surface area contributed by atoms with Crippen LogP contribution < -0.4 is 0 Å². The van der Waals surface area contributed by atoms with Crippen LogP contribution in [0, 0.1) is 23.2 Å². The number of sulfone groups is 1. The van der Waals surface area contributed by atoms with E-state index in [1.54, 1.807) is 26.3 Å². The smallest absolute Gasteiger partial charge is 0.161 e. The Labute approximate surface area is 203 Å². The van der Waals surface area contributed by atoms with Gasteiger partial charge in [-0.25, -0.2) is 8.42 Å². The predicted molar refractivity (Wildman–Crippen MR) is 140 cm³/mol. The first-order valence-electron chi connectivity index (χ1n) is 12.9. The van der Waals surface area contributed by atoms with E-state index in [-0.39, 0.29) is 11.5 Å². The van der Waals surface area contributed by atoms with Crippen LogP contribution in [0.5, 0.6) is 0 Å². The number of hydrogen-bond donors (Lipinski definition) is 1.